The minimum Gasteiger partial charge on any atom is -0.377 e. The maximum atomic E-state index is 5.40. The van der Waals surface area contributed by atoms with Crippen LogP contribution in [0.1, 0.15) is 51.7 Å². The Morgan fingerprint density at radius 1 is 1.17 bits per heavy atom. The molecule has 1 N–H and O–H groups in total. The van der Waals surface area contributed by atoms with Crippen LogP contribution in [0.15, 0.2) is 24.3 Å². The van der Waals surface area contributed by atoms with Gasteiger partial charge in [0.25, 0.3) is 0 Å². The molecule has 0 radical (unpaired) electrons. The fourth-order valence-electron chi connectivity index (χ4n) is 1.74. The van der Waals surface area contributed by atoms with E-state index in [1.54, 1.807) is 0 Å². The maximum Gasteiger partial charge on any atom is 0.0716 e. The lowest BCUT2D eigenvalue weighted by atomic mass is 9.98. The van der Waals surface area contributed by atoms with Gasteiger partial charge in [0, 0.05) is 18.7 Å². The van der Waals surface area contributed by atoms with E-state index in [4.69, 9.17) is 4.74 Å². The number of benzene rings is 1. The Morgan fingerprint density at radius 3 is 2.28 bits per heavy atom. The summed E-state index contributed by atoms with van der Waals surface area (Å²) < 4.78 is 5.40. The van der Waals surface area contributed by atoms with Gasteiger partial charge in [-0.05, 0) is 44.7 Å². The molecule has 1 rings (SSSR count). The monoisotopic (exact) mass is 249 g/mol. The molecule has 0 fully saturated rings. The fourth-order valence-corrected chi connectivity index (χ4v) is 1.74. The largest absolute Gasteiger partial charge is 0.377 e. The van der Waals surface area contributed by atoms with Crippen LogP contribution in [-0.4, -0.2) is 18.7 Å². The second kappa shape index (κ2) is 6.91. The zero-order valence-corrected chi connectivity index (χ0v) is 12.4. The Morgan fingerprint density at radius 2 is 1.78 bits per heavy atom. The van der Waals surface area contributed by atoms with Crippen LogP contribution in [0.2, 0.25) is 0 Å². The molecule has 2 heteroatoms. The van der Waals surface area contributed by atoms with Crippen molar-refractivity contribution >= 4 is 0 Å². The van der Waals surface area contributed by atoms with Gasteiger partial charge in [0.15, 0.2) is 0 Å². The van der Waals surface area contributed by atoms with E-state index in [2.05, 4.69) is 57.3 Å². The van der Waals surface area contributed by atoms with Crippen molar-refractivity contribution in [3.63, 3.8) is 0 Å². The van der Waals surface area contributed by atoms with Crippen molar-refractivity contribution < 1.29 is 4.74 Å². The fraction of sp³-hybridized carbons (Fsp3) is 0.625. The SMILES string of the molecule is CCOCc1ccc(C(C)CNC(C)(C)C)cc1. The molecule has 0 aliphatic heterocycles. The Labute approximate surface area is 112 Å². The van der Waals surface area contributed by atoms with E-state index in [9.17, 15) is 0 Å². The van der Waals surface area contributed by atoms with E-state index in [1.807, 2.05) is 6.92 Å². The van der Waals surface area contributed by atoms with Gasteiger partial charge in [0.2, 0.25) is 0 Å². The van der Waals surface area contributed by atoms with Gasteiger partial charge in [-0.1, -0.05) is 31.2 Å². The highest BCUT2D eigenvalue weighted by Crippen LogP contribution is 2.16. The van der Waals surface area contributed by atoms with Crippen LogP contribution in [0.5, 0.6) is 0 Å². The summed E-state index contributed by atoms with van der Waals surface area (Å²) in [7, 11) is 0. The minimum absolute atomic E-state index is 0.184. The molecule has 0 spiro atoms. The van der Waals surface area contributed by atoms with E-state index in [-0.39, 0.29) is 5.54 Å². The van der Waals surface area contributed by atoms with Crippen LogP contribution in [0, 0.1) is 0 Å². The van der Waals surface area contributed by atoms with Gasteiger partial charge in [0.1, 0.15) is 0 Å². The van der Waals surface area contributed by atoms with Gasteiger partial charge in [-0.15, -0.1) is 0 Å². The van der Waals surface area contributed by atoms with E-state index in [0.717, 1.165) is 13.2 Å². The summed E-state index contributed by atoms with van der Waals surface area (Å²) in [6, 6.07) is 8.75. The topological polar surface area (TPSA) is 21.3 Å². The van der Waals surface area contributed by atoms with Crippen LogP contribution < -0.4 is 5.32 Å². The number of rotatable bonds is 6. The Bertz CT molecular complexity index is 337. The molecular formula is C16H27NO. The Balaban J connectivity index is 2.51. The molecule has 0 amide bonds. The summed E-state index contributed by atoms with van der Waals surface area (Å²) in [4.78, 5) is 0. The van der Waals surface area contributed by atoms with Crippen molar-refractivity contribution in [2.45, 2.75) is 52.7 Å². The lowest BCUT2D eigenvalue weighted by Crippen LogP contribution is -2.38. The van der Waals surface area contributed by atoms with Crippen molar-refractivity contribution in [2.75, 3.05) is 13.2 Å². The molecule has 1 atom stereocenters. The molecule has 0 saturated heterocycles. The second-order valence-corrected chi connectivity index (χ2v) is 5.91. The van der Waals surface area contributed by atoms with Crippen LogP contribution in [0.4, 0.5) is 0 Å². The van der Waals surface area contributed by atoms with Gasteiger partial charge >= 0.3 is 0 Å². The molecule has 102 valence electrons. The summed E-state index contributed by atoms with van der Waals surface area (Å²) in [5.74, 6) is 0.533. The Kier molecular flexibility index (Phi) is 5.83. The minimum atomic E-state index is 0.184. The molecule has 0 heterocycles. The van der Waals surface area contributed by atoms with Gasteiger partial charge in [-0.2, -0.15) is 0 Å². The summed E-state index contributed by atoms with van der Waals surface area (Å²) in [6.45, 7) is 13.4. The standard InChI is InChI=1S/C16H27NO/c1-6-18-12-14-7-9-15(10-8-14)13(2)11-17-16(3,4)5/h7-10,13,17H,6,11-12H2,1-5H3. The van der Waals surface area contributed by atoms with Crippen LogP contribution in [0.3, 0.4) is 0 Å². The van der Waals surface area contributed by atoms with Crippen LogP contribution >= 0.6 is 0 Å². The quantitative estimate of drug-likeness (QED) is 0.829. The van der Waals surface area contributed by atoms with E-state index in [0.29, 0.717) is 12.5 Å². The van der Waals surface area contributed by atoms with E-state index >= 15 is 0 Å². The van der Waals surface area contributed by atoms with Gasteiger partial charge in [-0.3, -0.25) is 0 Å². The normalized spacial score (nSPS) is 13.6. The number of ether oxygens (including phenoxy) is 1. The van der Waals surface area contributed by atoms with Crippen molar-refractivity contribution in [2.24, 2.45) is 0 Å². The smallest absolute Gasteiger partial charge is 0.0716 e. The van der Waals surface area contributed by atoms with Crippen LogP contribution in [0.25, 0.3) is 0 Å². The molecule has 2 nitrogen and oxygen atoms in total. The van der Waals surface area contributed by atoms with Crippen molar-refractivity contribution in [1.82, 2.24) is 5.32 Å². The Hall–Kier alpha value is -0.860. The number of nitrogens with one attached hydrogen (secondary N) is 1. The average molecular weight is 249 g/mol. The van der Waals surface area contributed by atoms with Gasteiger partial charge in [0.05, 0.1) is 6.61 Å². The van der Waals surface area contributed by atoms with E-state index in [1.165, 1.54) is 11.1 Å². The molecular weight excluding hydrogens is 222 g/mol. The van der Waals surface area contributed by atoms with Crippen molar-refractivity contribution in [3.8, 4) is 0 Å². The first kappa shape index (κ1) is 15.2. The molecule has 0 aromatic heterocycles. The third-order valence-electron chi connectivity index (χ3n) is 2.96. The second-order valence-electron chi connectivity index (χ2n) is 5.91. The van der Waals surface area contributed by atoms with Gasteiger partial charge < -0.3 is 10.1 Å². The van der Waals surface area contributed by atoms with Crippen LogP contribution in [-0.2, 0) is 11.3 Å². The summed E-state index contributed by atoms with van der Waals surface area (Å²) in [5, 5.41) is 3.54. The molecule has 0 aliphatic carbocycles. The summed E-state index contributed by atoms with van der Waals surface area (Å²) in [5.41, 5.74) is 2.81. The molecule has 0 bridgehead atoms. The zero-order chi connectivity index (χ0) is 13.6. The lowest BCUT2D eigenvalue weighted by Gasteiger charge is -2.23. The zero-order valence-electron chi connectivity index (χ0n) is 12.4. The first-order valence-corrected chi connectivity index (χ1v) is 6.84. The third kappa shape index (κ3) is 5.65. The molecule has 1 unspecified atom stereocenters. The van der Waals surface area contributed by atoms with Gasteiger partial charge in [-0.25, -0.2) is 0 Å². The highest BCUT2D eigenvalue weighted by molar-refractivity contribution is 5.25. The molecule has 1 aromatic carbocycles. The van der Waals surface area contributed by atoms with E-state index < -0.39 is 0 Å². The highest BCUT2D eigenvalue weighted by atomic mass is 16.5. The number of hydrogen-bond acceptors (Lipinski definition) is 2. The predicted octanol–water partition coefficient (Wildman–Crippen LogP) is 3.71. The molecule has 0 saturated carbocycles. The summed E-state index contributed by atoms with van der Waals surface area (Å²) in [6.07, 6.45) is 0. The lowest BCUT2D eigenvalue weighted by molar-refractivity contribution is 0.134. The molecule has 1 aromatic rings. The first-order valence-electron chi connectivity index (χ1n) is 6.84. The molecule has 0 aliphatic rings. The third-order valence-corrected chi connectivity index (χ3v) is 2.96. The first-order chi connectivity index (χ1) is 8.42. The van der Waals surface area contributed by atoms with Crippen molar-refractivity contribution in [3.05, 3.63) is 35.4 Å². The number of hydrogen-bond donors (Lipinski definition) is 1. The average Bonchev–Trinajstić information content (AvgIpc) is 2.33. The maximum absolute atomic E-state index is 5.40. The summed E-state index contributed by atoms with van der Waals surface area (Å²) >= 11 is 0. The predicted molar refractivity (Wildman–Crippen MR) is 77.9 cm³/mol. The highest BCUT2D eigenvalue weighted by Gasteiger charge is 2.12. The molecule has 18 heavy (non-hydrogen) atoms. The van der Waals surface area contributed by atoms with Crippen molar-refractivity contribution in [1.29, 1.82) is 0 Å².